The summed E-state index contributed by atoms with van der Waals surface area (Å²) in [5, 5.41) is 3.20. The van der Waals surface area contributed by atoms with Gasteiger partial charge >= 0.3 is 5.97 Å². The van der Waals surface area contributed by atoms with E-state index in [9.17, 15) is 4.79 Å². The lowest BCUT2D eigenvalue weighted by molar-refractivity contribution is 0.0602. The van der Waals surface area contributed by atoms with Gasteiger partial charge in [0.1, 0.15) is 0 Å². The van der Waals surface area contributed by atoms with Crippen LogP contribution in [-0.4, -0.2) is 18.1 Å². The number of hydrogen-bond donors (Lipinski definition) is 2. The van der Waals surface area contributed by atoms with E-state index in [4.69, 9.17) is 5.73 Å². The van der Waals surface area contributed by atoms with Crippen molar-refractivity contribution >= 4 is 17.5 Å². The number of rotatable bonds is 4. The van der Waals surface area contributed by atoms with E-state index in [1.807, 2.05) is 37.3 Å². The van der Waals surface area contributed by atoms with Gasteiger partial charge in [-0.15, -0.1) is 0 Å². The van der Waals surface area contributed by atoms with E-state index in [0.29, 0.717) is 17.1 Å². The highest BCUT2D eigenvalue weighted by molar-refractivity contribution is 5.97. The number of pyridine rings is 1. The van der Waals surface area contributed by atoms with Gasteiger partial charge in [-0.2, -0.15) is 0 Å². The van der Waals surface area contributed by atoms with E-state index in [1.54, 1.807) is 6.07 Å². The Bertz CT molecular complexity index is 599. The van der Waals surface area contributed by atoms with Gasteiger partial charge in [0.2, 0.25) is 0 Å². The van der Waals surface area contributed by atoms with Crippen molar-refractivity contribution in [3.8, 4) is 0 Å². The van der Waals surface area contributed by atoms with Crippen LogP contribution in [0.3, 0.4) is 0 Å². The second-order valence-electron chi connectivity index (χ2n) is 4.39. The molecule has 1 aromatic carbocycles. The average molecular weight is 271 g/mol. The molecule has 0 radical (unpaired) electrons. The topological polar surface area (TPSA) is 77.2 Å². The smallest absolute Gasteiger partial charge is 0.340 e. The molecular formula is C15H17N3O2. The van der Waals surface area contributed by atoms with E-state index in [2.05, 4.69) is 15.0 Å². The molecule has 5 heteroatoms. The lowest BCUT2D eigenvalue weighted by Crippen LogP contribution is -2.13. The first-order valence-electron chi connectivity index (χ1n) is 6.27. The molecule has 2 aromatic rings. The molecule has 1 unspecified atom stereocenters. The van der Waals surface area contributed by atoms with Crippen molar-refractivity contribution < 1.29 is 9.53 Å². The van der Waals surface area contributed by atoms with Crippen LogP contribution in [0.2, 0.25) is 0 Å². The highest BCUT2D eigenvalue weighted by Crippen LogP contribution is 2.25. The van der Waals surface area contributed by atoms with Gasteiger partial charge in [-0.05, 0) is 18.6 Å². The van der Waals surface area contributed by atoms with Crippen LogP contribution in [0.1, 0.15) is 28.9 Å². The Morgan fingerprint density at radius 3 is 2.65 bits per heavy atom. The van der Waals surface area contributed by atoms with Crippen molar-refractivity contribution in [3.05, 3.63) is 53.7 Å². The maximum Gasteiger partial charge on any atom is 0.340 e. The lowest BCUT2D eigenvalue weighted by atomic mass is 10.1. The summed E-state index contributed by atoms with van der Waals surface area (Å²) in [6.45, 7) is 2.00. The number of aromatic nitrogens is 1. The first-order valence-corrected chi connectivity index (χ1v) is 6.27. The molecule has 1 atom stereocenters. The molecule has 0 amide bonds. The summed E-state index contributed by atoms with van der Waals surface area (Å²) in [6, 6.07) is 11.5. The van der Waals surface area contributed by atoms with Crippen LogP contribution in [0.25, 0.3) is 0 Å². The van der Waals surface area contributed by atoms with Crippen LogP contribution in [0.15, 0.2) is 42.6 Å². The predicted octanol–water partition coefficient (Wildman–Crippen LogP) is 2.62. The van der Waals surface area contributed by atoms with Crippen molar-refractivity contribution in [2.24, 2.45) is 0 Å². The third kappa shape index (κ3) is 2.88. The highest BCUT2D eigenvalue weighted by Gasteiger charge is 2.15. The second kappa shape index (κ2) is 6.06. The molecule has 0 aliphatic carbocycles. The first kappa shape index (κ1) is 13.9. The standard InChI is InChI=1S/C15H17N3O2/c1-10(11-6-4-3-5-7-11)18-14-13(16)12(8-9-17-14)15(19)20-2/h3-10H,16H2,1-2H3,(H,17,18). The van der Waals surface area contributed by atoms with E-state index in [1.165, 1.54) is 13.3 Å². The zero-order chi connectivity index (χ0) is 14.5. The molecule has 5 nitrogen and oxygen atoms in total. The van der Waals surface area contributed by atoms with Crippen molar-refractivity contribution in [1.29, 1.82) is 0 Å². The van der Waals surface area contributed by atoms with E-state index in [-0.39, 0.29) is 6.04 Å². The minimum Gasteiger partial charge on any atom is -0.465 e. The van der Waals surface area contributed by atoms with Crippen LogP contribution >= 0.6 is 0 Å². The van der Waals surface area contributed by atoms with Gasteiger partial charge in [0.05, 0.1) is 24.4 Å². The minimum atomic E-state index is -0.472. The number of carbonyl (C=O) groups excluding carboxylic acids is 1. The molecule has 20 heavy (non-hydrogen) atoms. The number of methoxy groups -OCH3 is 1. The number of nitrogens with one attached hydrogen (secondary N) is 1. The maximum atomic E-state index is 11.6. The summed E-state index contributed by atoms with van der Waals surface area (Å²) in [6.07, 6.45) is 1.53. The Morgan fingerprint density at radius 2 is 2.00 bits per heavy atom. The number of esters is 1. The number of anilines is 2. The largest absolute Gasteiger partial charge is 0.465 e. The number of carbonyl (C=O) groups is 1. The third-order valence-corrected chi connectivity index (χ3v) is 3.05. The number of nitrogens with two attached hydrogens (primary N) is 1. The molecule has 0 bridgehead atoms. The third-order valence-electron chi connectivity index (χ3n) is 3.05. The molecule has 1 aromatic heterocycles. The predicted molar refractivity (Wildman–Crippen MR) is 78.5 cm³/mol. The highest BCUT2D eigenvalue weighted by atomic mass is 16.5. The molecule has 0 saturated heterocycles. The monoisotopic (exact) mass is 271 g/mol. The van der Waals surface area contributed by atoms with Gasteiger partial charge in [-0.3, -0.25) is 0 Å². The van der Waals surface area contributed by atoms with E-state index in [0.717, 1.165) is 5.56 Å². The van der Waals surface area contributed by atoms with Gasteiger partial charge in [-0.1, -0.05) is 30.3 Å². The Balaban J connectivity index is 2.24. The number of benzene rings is 1. The summed E-state index contributed by atoms with van der Waals surface area (Å²) >= 11 is 0. The van der Waals surface area contributed by atoms with Crippen molar-refractivity contribution in [2.75, 3.05) is 18.2 Å². The fourth-order valence-electron chi connectivity index (χ4n) is 1.91. The van der Waals surface area contributed by atoms with Gasteiger partial charge in [0.15, 0.2) is 5.82 Å². The Labute approximate surface area is 117 Å². The molecular weight excluding hydrogens is 254 g/mol. The van der Waals surface area contributed by atoms with Gasteiger partial charge < -0.3 is 15.8 Å². The maximum absolute atomic E-state index is 11.6. The fourth-order valence-corrected chi connectivity index (χ4v) is 1.91. The molecule has 104 valence electrons. The van der Waals surface area contributed by atoms with Crippen molar-refractivity contribution in [3.63, 3.8) is 0 Å². The zero-order valence-corrected chi connectivity index (χ0v) is 11.5. The van der Waals surface area contributed by atoms with Crippen LogP contribution < -0.4 is 11.1 Å². The normalized spacial score (nSPS) is 11.7. The summed E-state index contributed by atoms with van der Waals surface area (Å²) in [4.78, 5) is 15.8. The average Bonchev–Trinajstić information content (AvgIpc) is 2.49. The Hall–Kier alpha value is -2.56. The minimum absolute atomic E-state index is 0.0268. The molecule has 0 spiro atoms. The summed E-state index contributed by atoms with van der Waals surface area (Å²) in [5.74, 6) is 0.00423. The van der Waals surface area contributed by atoms with E-state index >= 15 is 0 Å². The number of nitrogen functional groups attached to an aromatic ring is 1. The number of hydrogen-bond acceptors (Lipinski definition) is 5. The summed E-state index contributed by atoms with van der Waals surface area (Å²) < 4.78 is 4.69. The van der Waals surface area contributed by atoms with Crippen molar-refractivity contribution in [2.45, 2.75) is 13.0 Å². The number of ether oxygens (including phenoxy) is 1. The molecule has 0 fully saturated rings. The zero-order valence-electron chi connectivity index (χ0n) is 11.5. The SMILES string of the molecule is COC(=O)c1ccnc(NC(C)c2ccccc2)c1N. The van der Waals surface area contributed by atoms with Crippen LogP contribution in [0, 0.1) is 0 Å². The molecule has 1 heterocycles. The molecule has 0 aliphatic heterocycles. The van der Waals surface area contributed by atoms with Gasteiger partial charge in [0, 0.05) is 6.20 Å². The molecule has 0 aliphatic rings. The van der Waals surface area contributed by atoms with Crippen LogP contribution in [0.4, 0.5) is 11.5 Å². The Morgan fingerprint density at radius 1 is 1.30 bits per heavy atom. The van der Waals surface area contributed by atoms with Crippen LogP contribution in [-0.2, 0) is 4.74 Å². The summed E-state index contributed by atoms with van der Waals surface area (Å²) in [7, 11) is 1.32. The lowest BCUT2D eigenvalue weighted by Gasteiger charge is -2.17. The quantitative estimate of drug-likeness (QED) is 0.836. The van der Waals surface area contributed by atoms with Crippen LogP contribution in [0.5, 0.6) is 0 Å². The number of nitrogens with zero attached hydrogens (tertiary/aromatic N) is 1. The second-order valence-corrected chi connectivity index (χ2v) is 4.39. The molecule has 0 saturated carbocycles. The fraction of sp³-hybridized carbons (Fsp3) is 0.200. The Kier molecular flexibility index (Phi) is 4.20. The first-order chi connectivity index (χ1) is 9.63. The van der Waals surface area contributed by atoms with Crippen molar-refractivity contribution in [1.82, 2.24) is 4.98 Å². The van der Waals surface area contributed by atoms with E-state index < -0.39 is 5.97 Å². The van der Waals surface area contributed by atoms with Gasteiger partial charge in [-0.25, -0.2) is 9.78 Å². The summed E-state index contributed by atoms with van der Waals surface area (Å²) in [5.41, 5.74) is 7.67. The molecule has 2 rings (SSSR count). The van der Waals surface area contributed by atoms with Gasteiger partial charge in [0.25, 0.3) is 0 Å². The molecule has 3 N–H and O–H groups in total.